The molecule has 23 heavy (non-hydrogen) atoms. The average molecular weight is 332 g/mol. The number of hydrogen-bond acceptors (Lipinski definition) is 4. The number of aromatic nitrogens is 1. The fraction of sp³-hybridized carbons (Fsp3) is 0.294. The van der Waals surface area contributed by atoms with E-state index in [0.717, 1.165) is 18.5 Å². The molecule has 0 aliphatic carbocycles. The van der Waals surface area contributed by atoms with Gasteiger partial charge < -0.3 is 15.4 Å². The zero-order chi connectivity index (χ0) is 16.1. The fourth-order valence-corrected chi connectivity index (χ4v) is 2.65. The van der Waals surface area contributed by atoms with Crippen molar-refractivity contribution >= 4 is 34.7 Å². The Morgan fingerprint density at radius 3 is 2.70 bits per heavy atom. The normalized spacial score (nSPS) is 15.2. The summed E-state index contributed by atoms with van der Waals surface area (Å²) < 4.78 is 5.27. The van der Waals surface area contributed by atoms with Crippen molar-refractivity contribution in [1.29, 1.82) is 0 Å². The Hall–Kier alpha value is -2.11. The molecule has 1 fully saturated rings. The predicted molar refractivity (Wildman–Crippen MR) is 91.1 cm³/mol. The van der Waals surface area contributed by atoms with E-state index in [0.29, 0.717) is 29.7 Å². The minimum absolute atomic E-state index is 0.0213. The van der Waals surface area contributed by atoms with Crippen molar-refractivity contribution in [3.05, 3.63) is 47.6 Å². The molecule has 1 aliphatic rings. The highest BCUT2D eigenvalue weighted by Crippen LogP contribution is 2.21. The maximum atomic E-state index is 12.2. The third-order valence-electron chi connectivity index (χ3n) is 3.72. The lowest BCUT2D eigenvalue weighted by atomic mass is 9.99. The summed E-state index contributed by atoms with van der Waals surface area (Å²) in [5.74, 6) is 0.745. The van der Waals surface area contributed by atoms with Crippen LogP contribution in [0.1, 0.15) is 12.8 Å². The van der Waals surface area contributed by atoms with Crippen LogP contribution in [0.25, 0.3) is 0 Å². The number of amides is 1. The minimum atomic E-state index is 0.0213. The van der Waals surface area contributed by atoms with E-state index in [2.05, 4.69) is 15.6 Å². The number of hydrogen-bond donors (Lipinski definition) is 2. The van der Waals surface area contributed by atoms with Crippen molar-refractivity contribution in [3.63, 3.8) is 0 Å². The van der Waals surface area contributed by atoms with Crippen molar-refractivity contribution in [2.24, 2.45) is 5.92 Å². The van der Waals surface area contributed by atoms with E-state index < -0.39 is 0 Å². The highest BCUT2D eigenvalue weighted by molar-refractivity contribution is 6.30. The largest absolute Gasteiger partial charge is 0.381 e. The van der Waals surface area contributed by atoms with Crippen LogP contribution in [0.3, 0.4) is 0 Å². The molecule has 3 rings (SSSR count). The Morgan fingerprint density at radius 1 is 1.17 bits per heavy atom. The van der Waals surface area contributed by atoms with E-state index in [1.165, 1.54) is 0 Å². The summed E-state index contributed by atoms with van der Waals surface area (Å²) in [6, 6.07) is 11.1. The molecule has 6 heteroatoms. The first-order valence-corrected chi connectivity index (χ1v) is 7.96. The number of nitrogens with zero attached hydrogens (tertiary/aromatic N) is 1. The van der Waals surface area contributed by atoms with Gasteiger partial charge >= 0.3 is 0 Å². The second-order valence-corrected chi connectivity index (χ2v) is 5.88. The molecule has 2 aromatic rings. The Labute approximate surface area is 140 Å². The van der Waals surface area contributed by atoms with Crippen molar-refractivity contribution in [1.82, 2.24) is 4.98 Å². The summed E-state index contributed by atoms with van der Waals surface area (Å²) in [5, 5.41) is 6.73. The lowest BCUT2D eigenvalue weighted by Crippen LogP contribution is -2.28. The van der Waals surface area contributed by atoms with Crippen LogP contribution in [-0.4, -0.2) is 24.1 Å². The van der Waals surface area contributed by atoms with Crippen LogP contribution in [0.5, 0.6) is 0 Å². The molecule has 1 amide bonds. The number of carbonyl (C=O) groups excluding carboxylic acids is 1. The standard InChI is InChI=1S/C17H18ClN3O2/c18-13-2-1-3-14(10-13)20-16-5-4-15(11-19-16)21-17(22)12-6-8-23-9-7-12/h1-5,10-12H,6-9H2,(H,19,20)(H,21,22). The van der Waals surface area contributed by atoms with Gasteiger partial charge in [-0.15, -0.1) is 0 Å². The van der Waals surface area contributed by atoms with Crippen LogP contribution in [0, 0.1) is 5.92 Å². The van der Waals surface area contributed by atoms with Gasteiger partial charge in [-0.1, -0.05) is 17.7 Å². The lowest BCUT2D eigenvalue weighted by Gasteiger charge is -2.21. The van der Waals surface area contributed by atoms with Crippen molar-refractivity contribution in [2.75, 3.05) is 23.8 Å². The summed E-state index contributed by atoms with van der Waals surface area (Å²) in [6.45, 7) is 1.30. The van der Waals surface area contributed by atoms with Gasteiger partial charge in [0.05, 0.1) is 11.9 Å². The molecule has 1 saturated heterocycles. The maximum absolute atomic E-state index is 12.2. The van der Waals surface area contributed by atoms with Gasteiger partial charge in [-0.2, -0.15) is 0 Å². The van der Waals surface area contributed by atoms with E-state index in [4.69, 9.17) is 16.3 Å². The predicted octanol–water partition coefficient (Wildman–Crippen LogP) is 3.84. The number of anilines is 3. The third kappa shape index (κ3) is 4.43. The summed E-state index contributed by atoms with van der Waals surface area (Å²) >= 11 is 5.95. The molecular weight excluding hydrogens is 314 g/mol. The molecule has 0 radical (unpaired) electrons. The van der Waals surface area contributed by atoms with Gasteiger partial charge in [0.2, 0.25) is 5.91 Å². The number of halogens is 1. The summed E-state index contributed by atoms with van der Waals surface area (Å²) in [5.41, 5.74) is 1.56. The van der Waals surface area contributed by atoms with Crippen LogP contribution < -0.4 is 10.6 Å². The molecule has 120 valence electrons. The van der Waals surface area contributed by atoms with Gasteiger partial charge in [-0.05, 0) is 43.2 Å². The van der Waals surface area contributed by atoms with Crippen molar-refractivity contribution in [3.8, 4) is 0 Å². The Bertz CT molecular complexity index is 670. The number of benzene rings is 1. The van der Waals surface area contributed by atoms with Crippen LogP contribution in [0.2, 0.25) is 5.02 Å². The lowest BCUT2D eigenvalue weighted by molar-refractivity contribution is -0.122. The van der Waals surface area contributed by atoms with Gasteiger partial charge in [0.1, 0.15) is 5.82 Å². The van der Waals surface area contributed by atoms with Crippen LogP contribution in [-0.2, 0) is 9.53 Å². The number of rotatable bonds is 4. The average Bonchev–Trinajstić information content (AvgIpc) is 2.57. The third-order valence-corrected chi connectivity index (χ3v) is 3.96. The quantitative estimate of drug-likeness (QED) is 0.893. The molecule has 1 aromatic carbocycles. The van der Waals surface area contributed by atoms with Crippen LogP contribution in [0.15, 0.2) is 42.6 Å². The van der Waals surface area contributed by atoms with Crippen molar-refractivity contribution in [2.45, 2.75) is 12.8 Å². The maximum Gasteiger partial charge on any atom is 0.227 e. The molecule has 0 saturated carbocycles. The Kier molecular flexibility index (Phi) is 5.10. The smallest absolute Gasteiger partial charge is 0.227 e. The zero-order valence-electron chi connectivity index (χ0n) is 12.6. The molecule has 1 aliphatic heterocycles. The minimum Gasteiger partial charge on any atom is -0.381 e. The Balaban J connectivity index is 1.59. The van der Waals surface area contributed by atoms with Gasteiger partial charge in [0.15, 0.2) is 0 Å². The SMILES string of the molecule is O=C(Nc1ccc(Nc2cccc(Cl)c2)nc1)C1CCOCC1. The number of ether oxygens (including phenoxy) is 1. The molecule has 2 heterocycles. The number of nitrogens with one attached hydrogen (secondary N) is 2. The van der Waals surface area contributed by atoms with Gasteiger partial charge in [0.25, 0.3) is 0 Å². The number of carbonyl (C=O) groups is 1. The van der Waals surface area contributed by atoms with Gasteiger partial charge in [-0.25, -0.2) is 4.98 Å². The molecule has 5 nitrogen and oxygen atoms in total. The molecule has 0 bridgehead atoms. The Morgan fingerprint density at radius 2 is 2.00 bits per heavy atom. The summed E-state index contributed by atoms with van der Waals surface area (Å²) in [6.07, 6.45) is 3.19. The molecule has 0 unspecified atom stereocenters. The molecule has 1 aromatic heterocycles. The second kappa shape index (κ2) is 7.44. The van der Waals surface area contributed by atoms with E-state index >= 15 is 0 Å². The van der Waals surface area contributed by atoms with E-state index in [-0.39, 0.29) is 11.8 Å². The first-order chi connectivity index (χ1) is 11.2. The monoisotopic (exact) mass is 331 g/mol. The second-order valence-electron chi connectivity index (χ2n) is 5.44. The van der Waals surface area contributed by atoms with E-state index in [1.54, 1.807) is 6.20 Å². The first kappa shape index (κ1) is 15.8. The van der Waals surface area contributed by atoms with E-state index in [1.807, 2.05) is 36.4 Å². The summed E-state index contributed by atoms with van der Waals surface area (Å²) in [4.78, 5) is 16.5. The zero-order valence-corrected chi connectivity index (χ0v) is 13.3. The molecular formula is C17H18ClN3O2. The van der Waals surface area contributed by atoms with Gasteiger partial charge in [-0.3, -0.25) is 4.79 Å². The van der Waals surface area contributed by atoms with Crippen LogP contribution >= 0.6 is 11.6 Å². The summed E-state index contributed by atoms with van der Waals surface area (Å²) in [7, 11) is 0. The van der Waals surface area contributed by atoms with Crippen LogP contribution in [0.4, 0.5) is 17.2 Å². The molecule has 2 N–H and O–H groups in total. The highest BCUT2D eigenvalue weighted by Gasteiger charge is 2.21. The topological polar surface area (TPSA) is 63.2 Å². The fourth-order valence-electron chi connectivity index (χ4n) is 2.46. The van der Waals surface area contributed by atoms with Crippen molar-refractivity contribution < 1.29 is 9.53 Å². The number of pyridine rings is 1. The first-order valence-electron chi connectivity index (χ1n) is 7.58. The highest BCUT2D eigenvalue weighted by atomic mass is 35.5. The van der Waals surface area contributed by atoms with E-state index in [9.17, 15) is 4.79 Å². The van der Waals surface area contributed by atoms with Gasteiger partial charge in [0, 0.05) is 29.8 Å². The molecule has 0 spiro atoms. The molecule has 0 atom stereocenters.